The lowest BCUT2D eigenvalue weighted by molar-refractivity contribution is 0.185. The number of nitrogens with zero attached hydrogens (tertiary/aromatic N) is 2. The van der Waals surface area contributed by atoms with Crippen LogP contribution >= 0.6 is 23.2 Å². The third kappa shape index (κ3) is 4.38. The zero-order valence-corrected chi connectivity index (χ0v) is 18.7. The maximum Gasteiger partial charge on any atom is 0.163 e. The zero-order valence-electron chi connectivity index (χ0n) is 17.2. The van der Waals surface area contributed by atoms with Gasteiger partial charge in [-0.1, -0.05) is 23.2 Å². The molecular weight excluding hydrogens is 435 g/mol. The number of anilines is 2. The monoisotopic (exact) mass is 458 g/mol. The average molecular weight is 459 g/mol. The fourth-order valence-corrected chi connectivity index (χ4v) is 4.96. The highest BCUT2D eigenvalue weighted by Crippen LogP contribution is 2.37. The summed E-state index contributed by atoms with van der Waals surface area (Å²) in [5.41, 5.74) is 1.56. The van der Waals surface area contributed by atoms with Crippen molar-refractivity contribution in [1.82, 2.24) is 15.3 Å². The van der Waals surface area contributed by atoms with Gasteiger partial charge in [0.1, 0.15) is 12.1 Å². The molecule has 0 spiro atoms. The van der Waals surface area contributed by atoms with Crippen LogP contribution in [0.1, 0.15) is 25.7 Å². The van der Waals surface area contributed by atoms with Crippen molar-refractivity contribution in [3.8, 4) is 11.5 Å². The summed E-state index contributed by atoms with van der Waals surface area (Å²) < 4.78 is 11.9. The first-order valence-electron chi connectivity index (χ1n) is 10.5. The summed E-state index contributed by atoms with van der Waals surface area (Å²) >= 11 is 12.2. The summed E-state index contributed by atoms with van der Waals surface area (Å²) in [7, 11) is 1.65. The van der Waals surface area contributed by atoms with Gasteiger partial charge >= 0.3 is 0 Å². The molecule has 2 aliphatic heterocycles. The van der Waals surface area contributed by atoms with E-state index in [1.807, 2.05) is 18.2 Å². The van der Waals surface area contributed by atoms with Crippen LogP contribution in [0.3, 0.4) is 0 Å². The van der Waals surface area contributed by atoms with Gasteiger partial charge in [0.25, 0.3) is 0 Å². The van der Waals surface area contributed by atoms with Crippen molar-refractivity contribution in [3.05, 3.63) is 46.7 Å². The van der Waals surface area contributed by atoms with Crippen molar-refractivity contribution in [2.75, 3.05) is 19.0 Å². The van der Waals surface area contributed by atoms with Gasteiger partial charge in [0.05, 0.1) is 29.3 Å². The molecule has 2 N–H and O–H groups in total. The first-order valence-corrected chi connectivity index (χ1v) is 11.3. The third-order valence-electron chi connectivity index (χ3n) is 6.15. The summed E-state index contributed by atoms with van der Waals surface area (Å²) in [6, 6.07) is 10.5. The maximum atomic E-state index is 6.22. The van der Waals surface area contributed by atoms with Gasteiger partial charge < -0.3 is 20.1 Å². The lowest BCUT2D eigenvalue weighted by Crippen LogP contribution is -2.39. The standard InChI is InChI=1S/C23H24Cl2N4O2/c1-30-21-9-17-20(10-22(21)31-11-13-6-14-2-3-15(7-13)28-14)26-12-27-23(17)29-16-4-5-18(24)19(25)8-16/h4-5,8-10,12-15,28H,2-3,6-7,11H2,1H3,(H,26,27,29). The van der Waals surface area contributed by atoms with E-state index in [9.17, 15) is 0 Å². The average Bonchev–Trinajstić information content (AvgIpc) is 3.12. The number of hydrogen-bond donors (Lipinski definition) is 2. The van der Waals surface area contributed by atoms with E-state index in [0.29, 0.717) is 52.0 Å². The number of nitrogens with one attached hydrogen (secondary N) is 2. The van der Waals surface area contributed by atoms with Gasteiger partial charge in [-0.05, 0) is 55.9 Å². The molecule has 8 heteroatoms. The van der Waals surface area contributed by atoms with Crippen LogP contribution in [-0.4, -0.2) is 35.8 Å². The Labute approximate surface area is 191 Å². The van der Waals surface area contributed by atoms with Crippen molar-refractivity contribution < 1.29 is 9.47 Å². The van der Waals surface area contributed by atoms with Gasteiger partial charge in [-0.25, -0.2) is 9.97 Å². The molecule has 2 saturated heterocycles. The van der Waals surface area contributed by atoms with E-state index >= 15 is 0 Å². The number of aromatic nitrogens is 2. The largest absolute Gasteiger partial charge is 0.493 e. The smallest absolute Gasteiger partial charge is 0.163 e. The number of methoxy groups -OCH3 is 1. The number of ether oxygens (including phenoxy) is 2. The van der Waals surface area contributed by atoms with E-state index in [1.54, 1.807) is 19.2 Å². The summed E-state index contributed by atoms with van der Waals surface area (Å²) in [6.45, 7) is 0.690. The Morgan fingerprint density at radius 1 is 1.03 bits per heavy atom. The molecule has 162 valence electrons. The minimum Gasteiger partial charge on any atom is -0.493 e. The molecule has 2 fully saturated rings. The molecule has 6 nitrogen and oxygen atoms in total. The van der Waals surface area contributed by atoms with Crippen LogP contribution in [0.25, 0.3) is 10.9 Å². The molecule has 31 heavy (non-hydrogen) atoms. The van der Waals surface area contributed by atoms with Gasteiger partial charge in [0.15, 0.2) is 11.5 Å². The predicted octanol–water partition coefficient (Wildman–Crippen LogP) is 5.60. The Bertz CT molecular complexity index is 1100. The van der Waals surface area contributed by atoms with Crippen LogP contribution in [0.2, 0.25) is 10.0 Å². The highest BCUT2D eigenvalue weighted by atomic mass is 35.5. The Morgan fingerprint density at radius 3 is 2.58 bits per heavy atom. The molecule has 0 aliphatic carbocycles. The van der Waals surface area contributed by atoms with Gasteiger partial charge in [0.2, 0.25) is 0 Å². The van der Waals surface area contributed by atoms with Crippen molar-refractivity contribution in [2.45, 2.75) is 37.8 Å². The topological polar surface area (TPSA) is 68.3 Å². The molecule has 0 radical (unpaired) electrons. The Balaban J connectivity index is 1.38. The Morgan fingerprint density at radius 2 is 1.84 bits per heavy atom. The number of benzene rings is 2. The first kappa shape index (κ1) is 20.6. The van der Waals surface area contributed by atoms with Crippen LogP contribution < -0.4 is 20.1 Å². The molecule has 2 aliphatic rings. The third-order valence-corrected chi connectivity index (χ3v) is 6.89. The molecule has 2 aromatic carbocycles. The maximum absolute atomic E-state index is 6.22. The van der Waals surface area contributed by atoms with E-state index in [0.717, 1.165) is 16.6 Å². The molecule has 0 amide bonds. The highest BCUT2D eigenvalue weighted by Gasteiger charge is 2.33. The number of halogens is 2. The summed E-state index contributed by atoms with van der Waals surface area (Å²) in [5.74, 6) is 2.59. The van der Waals surface area contributed by atoms with Gasteiger partial charge in [-0.2, -0.15) is 0 Å². The van der Waals surface area contributed by atoms with Crippen LogP contribution in [0.4, 0.5) is 11.5 Å². The van der Waals surface area contributed by atoms with Crippen LogP contribution in [-0.2, 0) is 0 Å². The lowest BCUT2D eigenvalue weighted by atomic mass is 9.93. The van der Waals surface area contributed by atoms with Crippen molar-refractivity contribution in [3.63, 3.8) is 0 Å². The molecule has 3 aromatic rings. The summed E-state index contributed by atoms with van der Waals surface area (Å²) in [5, 5.41) is 8.78. The van der Waals surface area contributed by atoms with Crippen molar-refractivity contribution in [2.24, 2.45) is 5.92 Å². The normalized spacial score (nSPS) is 22.5. The van der Waals surface area contributed by atoms with Crippen molar-refractivity contribution in [1.29, 1.82) is 0 Å². The summed E-state index contributed by atoms with van der Waals surface area (Å²) in [4.78, 5) is 8.84. The van der Waals surface area contributed by atoms with E-state index in [4.69, 9.17) is 32.7 Å². The molecule has 0 saturated carbocycles. The Kier molecular flexibility index (Phi) is 5.78. The second kappa shape index (κ2) is 8.69. The first-order chi connectivity index (χ1) is 15.1. The van der Waals surface area contributed by atoms with Crippen LogP contribution in [0, 0.1) is 5.92 Å². The van der Waals surface area contributed by atoms with Crippen molar-refractivity contribution >= 4 is 45.6 Å². The number of hydrogen-bond acceptors (Lipinski definition) is 6. The fourth-order valence-electron chi connectivity index (χ4n) is 4.67. The van der Waals surface area contributed by atoms with E-state index in [2.05, 4.69) is 20.6 Å². The fraction of sp³-hybridized carbons (Fsp3) is 0.391. The lowest BCUT2D eigenvalue weighted by Gasteiger charge is -2.29. The zero-order chi connectivity index (χ0) is 21.4. The summed E-state index contributed by atoms with van der Waals surface area (Å²) in [6.07, 6.45) is 6.44. The molecule has 2 bridgehead atoms. The second-order valence-electron chi connectivity index (χ2n) is 8.28. The van der Waals surface area contributed by atoms with E-state index in [1.165, 1.54) is 32.0 Å². The van der Waals surface area contributed by atoms with Crippen LogP contribution in [0.15, 0.2) is 36.7 Å². The number of rotatable bonds is 6. The van der Waals surface area contributed by atoms with Crippen LogP contribution in [0.5, 0.6) is 11.5 Å². The molecule has 5 rings (SSSR count). The molecule has 1 aromatic heterocycles. The second-order valence-corrected chi connectivity index (χ2v) is 9.10. The molecular formula is C23H24Cl2N4O2. The number of fused-ring (bicyclic) bond motifs is 3. The SMILES string of the molecule is COc1cc2c(Nc3ccc(Cl)c(Cl)c3)ncnc2cc1OCC1CC2CCC(C1)N2. The predicted molar refractivity (Wildman–Crippen MR) is 124 cm³/mol. The van der Waals surface area contributed by atoms with Gasteiger partial charge in [-0.3, -0.25) is 0 Å². The minimum absolute atomic E-state index is 0.477. The highest BCUT2D eigenvalue weighted by molar-refractivity contribution is 6.42. The molecule has 3 heterocycles. The van der Waals surface area contributed by atoms with Gasteiger partial charge in [-0.15, -0.1) is 0 Å². The Hall–Kier alpha value is -2.28. The minimum atomic E-state index is 0.477. The van der Waals surface area contributed by atoms with E-state index in [-0.39, 0.29) is 0 Å². The van der Waals surface area contributed by atoms with Gasteiger partial charge in [0, 0.05) is 29.2 Å². The van der Waals surface area contributed by atoms with E-state index < -0.39 is 0 Å². The quantitative estimate of drug-likeness (QED) is 0.500. The molecule has 2 atom stereocenters. The molecule has 2 unspecified atom stereocenters. The number of piperidine rings is 1.